The lowest BCUT2D eigenvalue weighted by molar-refractivity contribution is 0.205. The molecule has 3 heterocycles. The largest absolute Gasteiger partial charge is 0.298 e. The molecular weight excluding hydrogens is 266 g/mol. The van der Waals surface area contributed by atoms with Gasteiger partial charge in [-0.05, 0) is 25.8 Å². The summed E-state index contributed by atoms with van der Waals surface area (Å²) < 4.78 is 8.93. The highest BCUT2D eigenvalue weighted by Gasteiger charge is 2.32. The molecule has 2 unspecified atom stereocenters. The van der Waals surface area contributed by atoms with Gasteiger partial charge in [0, 0.05) is 29.6 Å². The first-order chi connectivity index (χ1) is 8.79. The van der Waals surface area contributed by atoms with Crippen molar-refractivity contribution in [2.24, 2.45) is 5.92 Å². The molecule has 2 aliphatic heterocycles. The van der Waals surface area contributed by atoms with Gasteiger partial charge in [-0.2, -0.15) is 8.75 Å². The minimum absolute atomic E-state index is 0.528. The minimum atomic E-state index is 0.528. The molecule has 0 aromatic carbocycles. The lowest BCUT2D eigenvalue weighted by Gasteiger charge is -2.38. The Morgan fingerprint density at radius 3 is 3.17 bits per heavy atom. The van der Waals surface area contributed by atoms with E-state index in [1.807, 2.05) is 0 Å². The van der Waals surface area contributed by atoms with E-state index >= 15 is 0 Å². The minimum Gasteiger partial charge on any atom is -0.298 e. The zero-order valence-electron chi connectivity index (χ0n) is 10.7. The van der Waals surface area contributed by atoms with Gasteiger partial charge in [-0.15, -0.1) is 0 Å². The molecule has 0 spiro atoms. The van der Waals surface area contributed by atoms with Crippen LogP contribution >= 0.6 is 23.3 Å². The summed E-state index contributed by atoms with van der Waals surface area (Å²) in [6.07, 6.45) is 4.60. The van der Waals surface area contributed by atoms with Crippen LogP contribution < -0.4 is 0 Å². The van der Waals surface area contributed by atoms with Crippen molar-refractivity contribution < 1.29 is 0 Å². The van der Waals surface area contributed by atoms with Gasteiger partial charge < -0.3 is 0 Å². The first-order valence-corrected chi connectivity index (χ1v) is 7.83. The topological polar surface area (TPSA) is 29.0 Å². The van der Waals surface area contributed by atoms with E-state index in [1.165, 1.54) is 36.7 Å². The van der Waals surface area contributed by atoms with Crippen molar-refractivity contribution in [1.82, 2.24) is 13.6 Å². The second kappa shape index (κ2) is 5.27. The first-order valence-electron chi connectivity index (χ1n) is 6.72. The zero-order chi connectivity index (χ0) is 12.5. The van der Waals surface area contributed by atoms with Crippen LogP contribution in [0.25, 0.3) is 5.57 Å². The zero-order valence-corrected chi connectivity index (χ0v) is 12.2. The molecule has 2 aliphatic rings. The monoisotopic (exact) mass is 283 g/mol. The normalized spacial score (nSPS) is 27.7. The molecule has 0 N–H and O–H groups in total. The highest BCUT2D eigenvalue weighted by Crippen LogP contribution is 2.38. The van der Waals surface area contributed by atoms with Crippen molar-refractivity contribution in [3.05, 3.63) is 16.4 Å². The highest BCUT2D eigenvalue weighted by atomic mass is 35.5. The second-order valence-electron chi connectivity index (χ2n) is 5.21. The molecule has 3 rings (SSSR count). The van der Waals surface area contributed by atoms with Crippen molar-refractivity contribution in [3.63, 3.8) is 0 Å². The van der Waals surface area contributed by atoms with Gasteiger partial charge in [-0.1, -0.05) is 24.9 Å². The molecule has 0 aliphatic carbocycles. The molecule has 2 atom stereocenters. The lowest BCUT2D eigenvalue weighted by Crippen LogP contribution is -2.40. The Balaban J connectivity index is 1.96. The van der Waals surface area contributed by atoms with Crippen LogP contribution in [0.5, 0.6) is 0 Å². The van der Waals surface area contributed by atoms with Gasteiger partial charge in [0.15, 0.2) is 0 Å². The van der Waals surface area contributed by atoms with E-state index in [0.717, 1.165) is 42.4 Å². The molecule has 0 radical (unpaired) electrons. The lowest BCUT2D eigenvalue weighted by atomic mass is 9.89. The van der Waals surface area contributed by atoms with E-state index in [9.17, 15) is 0 Å². The third kappa shape index (κ3) is 2.22. The third-order valence-electron chi connectivity index (χ3n) is 3.86. The number of nitrogens with zero attached hydrogens (tertiary/aromatic N) is 3. The molecular formula is C13H18ClN3S. The molecule has 1 aromatic heterocycles. The second-order valence-corrected chi connectivity index (χ2v) is 6.15. The fourth-order valence-electron chi connectivity index (χ4n) is 2.98. The predicted molar refractivity (Wildman–Crippen MR) is 75.8 cm³/mol. The van der Waals surface area contributed by atoms with Gasteiger partial charge in [0.2, 0.25) is 0 Å². The van der Waals surface area contributed by atoms with E-state index in [2.05, 4.69) is 20.6 Å². The maximum atomic E-state index is 6.60. The molecule has 2 bridgehead atoms. The maximum absolute atomic E-state index is 6.60. The van der Waals surface area contributed by atoms with Crippen molar-refractivity contribution in [1.29, 1.82) is 0 Å². The van der Waals surface area contributed by atoms with Crippen LogP contribution in [0.15, 0.2) is 5.03 Å². The number of fused-ring (bicyclic) bond motifs is 2. The first kappa shape index (κ1) is 12.6. The fraction of sp³-hybridized carbons (Fsp3) is 0.692. The third-order valence-corrected chi connectivity index (χ3v) is 4.97. The summed E-state index contributed by atoms with van der Waals surface area (Å²) in [6.45, 7) is 5.46. The van der Waals surface area contributed by atoms with Crippen molar-refractivity contribution >= 4 is 28.9 Å². The predicted octanol–water partition coefficient (Wildman–Crippen LogP) is 3.17. The average Bonchev–Trinajstić information content (AvgIpc) is 2.83. The van der Waals surface area contributed by atoms with Crippen LogP contribution in [0.2, 0.25) is 0 Å². The molecule has 0 amide bonds. The molecule has 3 nitrogen and oxygen atoms in total. The Kier molecular flexibility index (Phi) is 3.68. The van der Waals surface area contributed by atoms with Crippen LogP contribution in [-0.4, -0.2) is 33.3 Å². The summed E-state index contributed by atoms with van der Waals surface area (Å²) >= 11 is 7.92. The van der Waals surface area contributed by atoms with E-state index in [-0.39, 0.29) is 0 Å². The Morgan fingerprint density at radius 2 is 2.33 bits per heavy atom. The Morgan fingerprint density at radius 1 is 1.44 bits per heavy atom. The number of piperidine rings is 1. The van der Waals surface area contributed by atoms with Crippen molar-refractivity contribution in [2.45, 2.75) is 32.6 Å². The summed E-state index contributed by atoms with van der Waals surface area (Å²) in [6, 6.07) is 0. The number of hydrogen-bond acceptors (Lipinski definition) is 4. The fourth-order valence-corrected chi connectivity index (χ4v) is 3.92. The van der Waals surface area contributed by atoms with Crippen LogP contribution in [-0.2, 0) is 6.42 Å². The van der Waals surface area contributed by atoms with Crippen LogP contribution in [0.3, 0.4) is 0 Å². The molecule has 1 aromatic rings. The van der Waals surface area contributed by atoms with Crippen molar-refractivity contribution in [3.8, 4) is 0 Å². The summed E-state index contributed by atoms with van der Waals surface area (Å²) in [7, 11) is 0. The number of halogens is 1. The number of hydrogen-bond donors (Lipinski definition) is 0. The number of aryl methyl sites for hydroxylation is 1. The molecule has 0 saturated carbocycles. The van der Waals surface area contributed by atoms with E-state index < -0.39 is 0 Å². The van der Waals surface area contributed by atoms with Gasteiger partial charge in [-0.25, -0.2) is 0 Å². The number of aromatic nitrogens is 2. The van der Waals surface area contributed by atoms with Gasteiger partial charge in [-0.3, -0.25) is 4.90 Å². The average molecular weight is 284 g/mol. The van der Waals surface area contributed by atoms with Crippen LogP contribution in [0.4, 0.5) is 0 Å². The summed E-state index contributed by atoms with van der Waals surface area (Å²) in [4.78, 5) is 2.50. The van der Waals surface area contributed by atoms with Crippen LogP contribution in [0, 0.1) is 5.92 Å². The summed E-state index contributed by atoms with van der Waals surface area (Å²) in [5.41, 5.74) is 3.45. The molecule has 1 saturated heterocycles. The molecule has 5 heteroatoms. The number of rotatable bonds is 3. The van der Waals surface area contributed by atoms with E-state index in [4.69, 9.17) is 11.6 Å². The summed E-state index contributed by atoms with van der Waals surface area (Å²) in [5, 5.41) is 1.05. The quantitative estimate of drug-likeness (QED) is 0.853. The van der Waals surface area contributed by atoms with Gasteiger partial charge in [0.05, 0.1) is 17.4 Å². The Hall–Kier alpha value is -0.450. The van der Waals surface area contributed by atoms with Gasteiger partial charge in [0.1, 0.15) is 5.69 Å². The van der Waals surface area contributed by atoms with Gasteiger partial charge in [0.25, 0.3) is 0 Å². The maximum Gasteiger partial charge on any atom is 0.106 e. The SMILES string of the molecule is CCCc1nsnc1C1=C(Cl)C2CCCN(C1)C2. The highest BCUT2D eigenvalue weighted by molar-refractivity contribution is 6.99. The van der Waals surface area contributed by atoms with Crippen LogP contribution in [0.1, 0.15) is 37.6 Å². The molecule has 18 heavy (non-hydrogen) atoms. The Bertz CT molecular complexity index is 469. The van der Waals surface area contributed by atoms with E-state index in [1.54, 1.807) is 0 Å². The van der Waals surface area contributed by atoms with E-state index in [0.29, 0.717) is 5.92 Å². The molecule has 1 fully saturated rings. The van der Waals surface area contributed by atoms with Gasteiger partial charge >= 0.3 is 0 Å². The standard InChI is InChI=1S/C13H18ClN3S/c1-2-4-11-13(16-18-15-11)10-8-17-6-3-5-9(7-17)12(10)14/h9H,2-8H2,1H3. The Labute approximate surface area is 117 Å². The smallest absolute Gasteiger partial charge is 0.106 e. The van der Waals surface area contributed by atoms with Crippen molar-refractivity contribution in [2.75, 3.05) is 19.6 Å². The summed E-state index contributed by atoms with van der Waals surface area (Å²) in [5.74, 6) is 0.528. The molecule has 98 valence electrons.